The van der Waals surface area contributed by atoms with E-state index in [0.29, 0.717) is 36.4 Å². The standard InChI is InChI=1S/C18H17N3O4S/c22-18(14-11-12-5-1-4-8-16(12)26(23,24)21-14)19-10-9-17-20-13-6-2-3-7-15(13)25-17/h1-8,14,21H,9-11H2,(H,19,22)/t14-/m0/s1. The number of sulfonamides is 1. The molecule has 0 spiro atoms. The molecule has 0 saturated heterocycles. The van der Waals surface area contributed by atoms with E-state index in [4.69, 9.17) is 4.42 Å². The summed E-state index contributed by atoms with van der Waals surface area (Å²) < 4.78 is 32.6. The van der Waals surface area contributed by atoms with Crippen molar-refractivity contribution in [2.75, 3.05) is 6.54 Å². The molecule has 0 saturated carbocycles. The van der Waals surface area contributed by atoms with Gasteiger partial charge in [-0.1, -0.05) is 30.3 Å². The van der Waals surface area contributed by atoms with Crippen LogP contribution in [0.1, 0.15) is 11.5 Å². The summed E-state index contributed by atoms with van der Waals surface area (Å²) in [7, 11) is -3.67. The number of fused-ring (bicyclic) bond motifs is 2. The van der Waals surface area contributed by atoms with Crippen LogP contribution in [0.5, 0.6) is 0 Å². The number of hydrogen-bond acceptors (Lipinski definition) is 5. The van der Waals surface area contributed by atoms with Gasteiger partial charge in [0.15, 0.2) is 11.5 Å². The van der Waals surface area contributed by atoms with E-state index in [9.17, 15) is 13.2 Å². The Morgan fingerprint density at radius 3 is 2.81 bits per heavy atom. The number of benzene rings is 2. The Hall–Kier alpha value is -2.71. The molecule has 1 atom stereocenters. The molecule has 134 valence electrons. The molecule has 26 heavy (non-hydrogen) atoms. The maximum atomic E-state index is 12.4. The smallest absolute Gasteiger partial charge is 0.241 e. The topological polar surface area (TPSA) is 101 Å². The lowest BCUT2D eigenvalue weighted by Gasteiger charge is -2.24. The molecule has 7 nitrogen and oxygen atoms in total. The van der Waals surface area contributed by atoms with Crippen LogP contribution >= 0.6 is 0 Å². The van der Waals surface area contributed by atoms with Crippen LogP contribution in [0, 0.1) is 0 Å². The number of hydrogen-bond donors (Lipinski definition) is 2. The van der Waals surface area contributed by atoms with Gasteiger partial charge in [-0.05, 0) is 30.2 Å². The van der Waals surface area contributed by atoms with E-state index in [1.807, 2.05) is 24.3 Å². The number of carbonyl (C=O) groups excluding carboxylic acids is 1. The van der Waals surface area contributed by atoms with Crippen molar-refractivity contribution in [3.05, 3.63) is 60.0 Å². The van der Waals surface area contributed by atoms with Crippen molar-refractivity contribution < 1.29 is 17.6 Å². The summed E-state index contributed by atoms with van der Waals surface area (Å²) in [4.78, 5) is 16.9. The lowest BCUT2D eigenvalue weighted by atomic mass is 10.1. The van der Waals surface area contributed by atoms with Gasteiger partial charge in [0.2, 0.25) is 15.9 Å². The van der Waals surface area contributed by atoms with Gasteiger partial charge in [-0.25, -0.2) is 13.4 Å². The second-order valence-electron chi connectivity index (χ2n) is 6.10. The van der Waals surface area contributed by atoms with Crippen LogP contribution in [0.2, 0.25) is 0 Å². The number of nitrogens with zero attached hydrogens (tertiary/aromatic N) is 1. The minimum Gasteiger partial charge on any atom is -0.441 e. The molecule has 2 heterocycles. The van der Waals surface area contributed by atoms with E-state index in [1.165, 1.54) is 0 Å². The molecular formula is C18H17N3O4S. The number of amides is 1. The molecule has 2 N–H and O–H groups in total. The fourth-order valence-electron chi connectivity index (χ4n) is 3.04. The number of carbonyl (C=O) groups is 1. The Balaban J connectivity index is 1.39. The third-order valence-corrected chi connectivity index (χ3v) is 5.85. The zero-order valence-electron chi connectivity index (χ0n) is 13.8. The second kappa shape index (κ2) is 6.54. The van der Waals surface area contributed by atoms with Gasteiger partial charge in [-0.2, -0.15) is 4.72 Å². The normalized spacial score (nSPS) is 18.4. The van der Waals surface area contributed by atoms with E-state index in [-0.39, 0.29) is 10.8 Å². The summed E-state index contributed by atoms with van der Waals surface area (Å²) in [6.07, 6.45) is 0.751. The maximum Gasteiger partial charge on any atom is 0.241 e. The first-order chi connectivity index (χ1) is 12.5. The van der Waals surface area contributed by atoms with Crippen molar-refractivity contribution in [3.8, 4) is 0 Å². The number of aromatic nitrogens is 1. The van der Waals surface area contributed by atoms with Gasteiger partial charge < -0.3 is 9.73 Å². The summed E-state index contributed by atoms with van der Waals surface area (Å²) in [5.74, 6) is 0.167. The summed E-state index contributed by atoms with van der Waals surface area (Å²) in [5.41, 5.74) is 2.11. The maximum absolute atomic E-state index is 12.4. The highest BCUT2D eigenvalue weighted by Gasteiger charge is 2.33. The second-order valence-corrected chi connectivity index (χ2v) is 7.78. The van der Waals surface area contributed by atoms with Crippen LogP contribution in [0.25, 0.3) is 11.1 Å². The molecule has 1 aliphatic rings. The minimum atomic E-state index is -3.67. The van der Waals surface area contributed by atoms with Crippen LogP contribution in [0.15, 0.2) is 57.8 Å². The highest BCUT2D eigenvalue weighted by atomic mass is 32.2. The van der Waals surface area contributed by atoms with Gasteiger partial charge in [0.25, 0.3) is 0 Å². The van der Waals surface area contributed by atoms with Gasteiger partial charge in [-0.3, -0.25) is 4.79 Å². The molecular weight excluding hydrogens is 354 g/mol. The minimum absolute atomic E-state index is 0.232. The predicted octanol–water partition coefficient (Wildman–Crippen LogP) is 1.39. The molecule has 3 aromatic rings. The third-order valence-electron chi connectivity index (χ3n) is 4.28. The van der Waals surface area contributed by atoms with Crippen molar-refractivity contribution in [3.63, 3.8) is 0 Å². The number of nitrogens with one attached hydrogen (secondary N) is 2. The van der Waals surface area contributed by atoms with E-state index in [0.717, 1.165) is 5.52 Å². The van der Waals surface area contributed by atoms with Crippen molar-refractivity contribution in [2.24, 2.45) is 0 Å². The molecule has 2 aromatic carbocycles. The predicted molar refractivity (Wildman–Crippen MR) is 95.0 cm³/mol. The lowest BCUT2D eigenvalue weighted by molar-refractivity contribution is -0.122. The van der Waals surface area contributed by atoms with Crippen molar-refractivity contribution in [1.29, 1.82) is 0 Å². The molecule has 0 bridgehead atoms. The Morgan fingerprint density at radius 1 is 1.19 bits per heavy atom. The number of rotatable bonds is 4. The number of oxazole rings is 1. The SMILES string of the molecule is O=C(NCCc1nc2ccccc2o1)[C@@H]1Cc2ccccc2S(=O)(=O)N1. The van der Waals surface area contributed by atoms with Crippen LogP contribution in [0.3, 0.4) is 0 Å². The van der Waals surface area contributed by atoms with Gasteiger partial charge in [0.1, 0.15) is 11.6 Å². The average Bonchev–Trinajstić information content (AvgIpc) is 3.04. The summed E-state index contributed by atoms with van der Waals surface area (Å²) in [6, 6.07) is 13.3. The first-order valence-corrected chi connectivity index (χ1v) is 9.74. The van der Waals surface area contributed by atoms with Crippen LogP contribution in [-0.4, -0.2) is 31.9 Å². The fourth-order valence-corrected chi connectivity index (χ4v) is 4.48. The molecule has 0 radical (unpaired) electrons. The highest BCUT2D eigenvalue weighted by molar-refractivity contribution is 7.89. The van der Waals surface area contributed by atoms with E-state index in [2.05, 4.69) is 15.0 Å². The Kier molecular flexibility index (Phi) is 4.21. The summed E-state index contributed by atoms with van der Waals surface area (Å²) in [6.45, 7) is 0.311. The fraction of sp³-hybridized carbons (Fsp3) is 0.222. The van der Waals surface area contributed by atoms with Gasteiger partial charge in [-0.15, -0.1) is 0 Å². The average molecular weight is 371 g/mol. The molecule has 0 unspecified atom stereocenters. The first kappa shape index (κ1) is 16.7. The molecule has 1 aliphatic heterocycles. The van der Waals surface area contributed by atoms with Gasteiger partial charge in [0.05, 0.1) is 4.90 Å². The largest absolute Gasteiger partial charge is 0.441 e. The molecule has 0 aliphatic carbocycles. The highest BCUT2D eigenvalue weighted by Crippen LogP contribution is 2.22. The molecule has 1 amide bonds. The first-order valence-electron chi connectivity index (χ1n) is 8.25. The monoisotopic (exact) mass is 371 g/mol. The lowest BCUT2D eigenvalue weighted by Crippen LogP contribution is -2.50. The van der Waals surface area contributed by atoms with E-state index < -0.39 is 16.1 Å². The quantitative estimate of drug-likeness (QED) is 0.722. The summed E-state index contributed by atoms with van der Waals surface area (Å²) in [5, 5.41) is 2.75. The third kappa shape index (κ3) is 3.21. The zero-order valence-corrected chi connectivity index (χ0v) is 14.6. The molecule has 8 heteroatoms. The molecule has 0 fully saturated rings. The molecule has 4 rings (SSSR count). The number of para-hydroxylation sites is 2. The molecule has 1 aromatic heterocycles. The van der Waals surface area contributed by atoms with Gasteiger partial charge >= 0.3 is 0 Å². The Bertz CT molecular complexity index is 1040. The van der Waals surface area contributed by atoms with Crippen LogP contribution < -0.4 is 10.0 Å². The van der Waals surface area contributed by atoms with Crippen LogP contribution in [0.4, 0.5) is 0 Å². The zero-order chi connectivity index (χ0) is 18.1. The van der Waals surface area contributed by atoms with Gasteiger partial charge in [0, 0.05) is 13.0 Å². The van der Waals surface area contributed by atoms with E-state index >= 15 is 0 Å². The van der Waals surface area contributed by atoms with Crippen molar-refractivity contribution >= 4 is 27.0 Å². The van der Waals surface area contributed by atoms with E-state index in [1.54, 1.807) is 24.3 Å². The Morgan fingerprint density at radius 2 is 1.96 bits per heavy atom. The summed E-state index contributed by atoms with van der Waals surface area (Å²) >= 11 is 0. The Labute approximate surface area is 150 Å². The van der Waals surface area contributed by atoms with Crippen molar-refractivity contribution in [1.82, 2.24) is 15.0 Å². The van der Waals surface area contributed by atoms with Crippen LogP contribution in [-0.2, 0) is 27.7 Å². The van der Waals surface area contributed by atoms with Crippen molar-refractivity contribution in [2.45, 2.75) is 23.8 Å².